The van der Waals surface area contributed by atoms with Crippen LogP contribution in [-0.2, 0) is 58.5 Å². The fourth-order valence-corrected chi connectivity index (χ4v) is 11.4. The molecule has 0 saturated heterocycles. The van der Waals surface area contributed by atoms with Crippen molar-refractivity contribution >= 4 is 192 Å². The average Bonchev–Trinajstić information content (AvgIpc) is 0.912. The Hall–Kier alpha value is -8.32. The first kappa shape index (κ1) is 65.1. The van der Waals surface area contributed by atoms with Crippen molar-refractivity contribution in [3.05, 3.63) is 107 Å². The summed E-state index contributed by atoms with van der Waals surface area (Å²) in [5, 5.41) is 86.3. The SMILES string of the molecule is Cc1ccc(Nc2nc(Cl)nc(Nc3ccc(N=Nc4c(N)c(SOOO)cc5cc(SOOO)cc(O)c45)c(SOOO)c3)n2)c(Nc2nc(Cl)nc(Nc3ccc(N=Nc4c(N)c(S(=O)(=O)O)cc5cc(S(=O)(=O)O)cc(O)c45)c(S(=O)(=O)O)c3)n2)c1. The lowest BCUT2D eigenvalue weighted by Gasteiger charge is -2.15. The van der Waals surface area contributed by atoms with E-state index in [4.69, 9.17) is 54.8 Å². The third-order valence-electron chi connectivity index (χ3n) is 11.5. The Kier molecular flexibility index (Phi) is 19.9. The van der Waals surface area contributed by atoms with Crippen LogP contribution in [0.15, 0.2) is 141 Å². The predicted molar refractivity (Wildman–Crippen MR) is 317 cm³/mol. The van der Waals surface area contributed by atoms with Crippen molar-refractivity contribution < 1.29 is 93.0 Å². The van der Waals surface area contributed by atoms with Gasteiger partial charge >= 0.3 is 0 Å². The van der Waals surface area contributed by atoms with Gasteiger partial charge in [0.05, 0.1) is 84.3 Å². The molecule has 0 radical (unpaired) electrons. The molecule has 0 amide bonds. The van der Waals surface area contributed by atoms with Crippen molar-refractivity contribution in [3.63, 3.8) is 0 Å². The number of fused-ring (bicyclic) bond motifs is 2. The van der Waals surface area contributed by atoms with Crippen molar-refractivity contribution in [1.29, 1.82) is 0 Å². The van der Waals surface area contributed by atoms with Crippen LogP contribution in [0, 0.1) is 6.92 Å². The quantitative estimate of drug-likeness (QED) is 0.00667. The van der Waals surface area contributed by atoms with E-state index in [1.165, 1.54) is 42.5 Å². The fourth-order valence-electron chi connectivity index (χ4n) is 7.90. The maximum atomic E-state index is 12.8. The second-order valence-corrected chi connectivity index (χ2v) is 24.4. The topological polar surface area (TPSA) is 547 Å². The van der Waals surface area contributed by atoms with Crippen LogP contribution in [-0.4, -0.2) is 94.8 Å². The highest BCUT2D eigenvalue weighted by molar-refractivity contribution is 7.95. The summed E-state index contributed by atoms with van der Waals surface area (Å²) in [7, 11) is -15.3. The molecule has 0 unspecified atom stereocenters. The zero-order chi connectivity index (χ0) is 64.1. The Bertz CT molecular complexity index is 4710. The minimum Gasteiger partial charge on any atom is -0.507 e. The van der Waals surface area contributed by atoms with Crippen molar-refractivity contribution in [3.8, 4) is 11.5 Å². The van der Waals surface area contributed by atoms with Gasteiger partial charge in [0.15, 0.2) is 0 Å². The number of azo groups is 2. The van der Waals surface area contributed by atoms with Gasteiger partial charge in [-0.05, 0) is 125 Å². The lowest BCUT2D eigenvalue weighted by atomic mass is 10.1. The second-order valence-electron chi connectivity index (χ2n) is 17.3. The molecule has 0 spiro atoms. The molecular formula is C45H34Cl2N16O20S6. The molecule has 464 valence electrons. The van der Waals surface area contributed by atoms with Gasteiger partial charge in [0.1, 0.15) is 44.0 Å². The Balaban J connectivity index is 0.955. The van der Waals surface area contributed by atoms with Crippen LogP contribution in [0.5, 0.6) is 11.5 Å². The summed E-state index contributed by atoms with van der Waals surface area (Å²) in [6.07, 6.45) is 0. The van der Waals surface area contributed by atoms with Crippen LogP contribution >= 0.6 is 59.3 Å². The van der Waals surface area contributed by atoms with Gasteiger partial charge < -0.3 is 42.9 Å². The zero-order valence-corrected chi connectivity index (χ0v) is 49.9. The Morgan fingerprint density at radius 1 is 0.494 bits per heavy atom. The maximum Gasteiger partial charge on any atom is 0.296 e. The molecule has 0 aliphatic rings. The van der Waals surface area contributed by atoms with Gasteiger partial charge in [-0.3, -0.25) is 13.7 Å². The van der Waals surface area contributed by atoms with Gasteiger partial charge in [-0.2, -0.15) is 55.2 Å². The monoisotopic (exact) mass is 1380 g/mol. The van der Waals surface area contributed by atoms with Crippen LogP contribution in [0.25, 0.3) is 21.5 Å². The van der Waals surface area contributed by atoms with Gasteiger partial charge in [-0.25, -0.2) is 15.8 Å². The molecule has 7 aromatic carbocycles. The number of rotatable bonds is 24. The number of nitrogen functional groups attached to an aromatic ring is 2. The van der Waals surface area contributed by atoms with Gasteiger partial charge in [0, 0.05) is 22.3 Å². The number of hydrogen-bond acceptors (Lipinski definition) is 36. The molecule has 9 rings (SSSR count). The molecule has 2 aromatic heterocycles. The van der Waals surface area contributed by atoms with Crippen LogP contribution in [0.2, 0.25) is 10.6 Å². The first-order valence-electron chi connectivity index (χ1n) is 23.4. The van der Waals surface area contributed by atoms with Gasteiger partial charge in [0.2, 0.25) is 34.4 Å². The summed E-state index contributed by atoms with van der Waals surface area (Å²) >= 11 is 14.3. The van der Waals surface area contributed by atoms with E-state index < -0.39 is 78.6 Å². The highest BCUT2D eigenvalue weighted by Gasteiger charge is 2.26. The number of hydrogen-bond donors (Lipinski definition) is 14. The van der Waals surface area contributed by atoms with Crippen molar-refractivity contribution in [2.75, 3.05) is 32.7 Å². The number of aryl methyl sites for hydroxylation is 1. The molecule has 0 aliphatic heterocycles. The second kappa shape index (κ2) is 27.2. The average molecular weight is 1380 g/mol. The van der Waals surface area contributed by atoms with E-state index in [2.05, 4.69) is 95.4 Å². The number of phenolic OH excluding ortho intramolecular Hbond substituents is 2. The third kappa shape index (κ3) is 15.8. The molecule has 89 heavy (non-hydrogen) atoms. The first-order valence-corrected chi connectivity index (χ1v) is 30.7. The molecular weight excluding hydrogens is 1350 g/mol. The third-order valence-corrected chi connectivity index (χ3v) is 16.3. The van der Waals surface area contributed by atoms with E-state index in [0.29, 0.717) is 65.0 Å². The van der Waals surface area contributed by atoms with E-state index in [0.717, 1.165) is 23.8 Å². The highest BCUT2D eigenvalue weighted by atomic mass is 35.5. The molecule has 44 heteroatoms. The minimum atomic E-state index is -5.19. The number of benzene rings is 7. The predicted octanol–water partition coefficient (Wildman–Crippen LogP) is 11.4. The molecule has 36 nitrogen and oxygen atoms in total. The summed E-state index contributed by atoms with van der Waals surface area (Å²) in [4.78, 5) is 23.0. The number of aromatic nitrogens is 6. The van der Waals surface area contributed by atoms with Crippen molar-refractivity contribution in [2.24, 2.45) is 20.5 Å². The van der Waals surface area contributed by atoms with Crippen LogP contribution in [0.1, 0.15) is 5.56 Å². The van der Waals surface area contributed by atoms with Crippen molar-refractivity contribution in [1.82, 2.24) is 29.9 Å². The standard InChI is InChI=1S/C45H34Cl2N16O20S6/c1-17-2-5-24(52-44-56-40(46)54-42(58-44)50-20-3-6-25(30(13-20)85-82-79-67)60-62-38-34-18(11-31(36(38)48)86-83-80-68)9-22(15-28(34)64)84-81-78-66)27(8-17)53-45-57-41(47)55-43(59-45)51-21-4-7-26(32(14-21)88(72,73)74)61-63-39-35-19(12-33(37(39)49)89(75,76)77)10-23(16-29(35)65)87(69,70)71/h2-16,64-68H,48-49H2,1H3,(H,69,70,71)(H,72,73,74)(H,75,76,77)(H2,50,52,54,56,58)(H2,51,53,55,57,59). The summed E-state index contributed by atoms with van der Waals surface area (Å²) < 4.78 is 117. The van der Waals surface area contributed by atoms with E-state index in [1.54, 1.807) is 25.1 Å². The highest BCUT2D eigenvalue weighted by Crippen LogP contribution is 2.48. The lowest BCUT2D eigenvalue weighted by molar-refractivity contribution is -0.432. The van der Waals surface area contributed by atoms with Gasteiger partial charge in [-0.15, -0.1) is 33.5 Å². The number of anilines is 10. The molecule has 0 aliphatic carbocycles. The largest absolute Gasteiger partial charge is 0.507 e. The number of aromatic hydroxyl groups is 2. The number of nitrogens with two attached hydrogens (primary N) is 2. The fraction of sp³-hybridized carbons (Fsp3) is 0.0222. The first-order chi connectivity index (χ1) is 42.2. The van der Waals surface area contributed by atoms with E-state index >= 15 is 0 Å². The Morgan fingerprint density at radius 3 is 1.58 bits per heavy atom. The van der Waals surface area contributed by atoms with Crippen LogP contribution in [0.3, 0.4) is 0 Å². The van der Waals surface area contributed by atoms with E-state index in [-0.39, 0.29) is 88.6 Å². The molecule has 0 fully saturated rings. The van der Waals surface area contributed by atoms with Crippen LogP contribution < -0.4 is 32.7 Å². The molecule has 0 bridgehead atoms. The van der Waals surface area contributed by atoms with Gasteiger partial charge in [0.25, 0.3) is 30.4 Å². The van der Waals surface area contributed by atoms with Crippen molar-refractivity contribution in [2.45, 2.75) is 36.3 Å². The Labute approximate surface area is 519 Å². The molecule has 0 saturated carbocycles. The molecule has 0 atom stereocenters. The summed E-state index contributed by atoms with van der Waals surface area (Å²) in [5.74, 6) is -1.96. The van der Waals surface area contributed by atoms with E-state index in [9.17, 15) is 49.1 Å². The summed E-state index contributed by atoms with van der Waals surface area (Å²) in [5.41, 5.74) is 11.7. The molecule has 9 aromatic rings. The lowest BCUT2D eigenvalue weighted by Crippen LogP contribution is -2.07. The zero-order valence-electron chi connectivity index (χ0n) is 43.5. The van der Waals surface area contributed by atoms with E-state index in [1.807, 2.05) is 0 Å². The number of phenols is 2. The smallest absolute Gasteiger partial charge is 0.296 e. The summed E-state index contributed by atoms with van der Waals surface area (Å²) in [6.45, 7) is 1.77. The number of nitrogens with one attached hydrogen (secondary N) is 4. The number of nitrogens with zero attached hydrogens (tertiary/aromatic N) is 10. The minimum absolute atomic E-state index is 0.0836. The normalized spacial score (nSPS) is 12.2. The van der Waals surface area contributed by atoms with Crippen LogP contribution in [0.4, 0.5) is 80.7 Å². The number of halogens is 2. The Morgan fingerprint density at radius 2 is 1.00 bits per heavy atom. The molecule has 2 heterocycles. The maximum absolute atomic E-state index is 12.8. The van der Waals surface area contributed by atoms with Gasteiger partial charge in [-0.1, -0.05) is 21.2 Å². The summed E-state index contributed by atoms with van der Waals surface area (Å²) in [6, 6.07) is 18.7. The molecule has 16 N–H and O–H groups in total.